The van der Waals surface area contributed by atoms with Crippen molar-refractivity contribution in [3.8, 4) is 16.9 Å². The van der Waals surface area contributed by atoms with Crippen molar-refractivity contribution < 1.29 is 32.4 Å². The number of rotatable bonds is 6. The molecule has 0 spiro atoms. The van der Waals surface area contributed by atoms with E-state index in [1.54, 1.807) is 41.1 Å². The van der Waals surface area contributed by atoms with Crippen LogP contribution in [0.2, 0.25) is 0 Å². The van der Waals surface area contributed by atoms with Crippen molar-refractivity contribution in [2.24, 2.45) is 0 Å². The van der Waals surface area contributed by atoms with Gasteiger partial charge in [0.15, 0.2) is 0 Å². The summed E-state index contributed by atoms with van der Waals surface area (Å²) in [6, 6.07) is 17.9. The van der Waals surface area contributed by atoms with E-state index in [0.29, 0.717) is 36.0 Å². The van der Waals surface area contributed by atoms with Crippen LogP contribution in [0.25, 0.3) is 11.1 Å². The minimum Gasteiger partial charge on any atom is -0.410 e. The van der Waals surface area contributed by atoms with Crippen LogP contribution in [0.4, 0.5) is 23.7 Å². The third kappa shape index (κ3) is 8.32. The van der Waals surface area contributed by atoms with Gasteiger partial charge in [-0.05, 0) is 74.0 Å². The lowest BCUT2D eigenvalue weighted by molar-refractivity contribution is -0.384. The van der Waals surface area contributed by atoms with E-state index < -0.39 is 22.8 Å². The molecular weight excluding hydrogens is 579 g/mol. The van der Waals surface area contributed by atoms with Gasteiger partial charge in [-0.1, -0.05) is 24.3 Å². The minimum atomic E-state index is -4.34. The number of nitrogens with zero attached hydrogens (tertiary/aromatic N) is 3. The lowest BCUT2D eigenvalue weighted by Crippen LogP contribution is -2.38. The maximum atomic E-state index is 12.6. The molecule has 0 bridgehead atoms. The van der Waals surface area contributed by atoms with Crippen LogP contribution >= 0.6 is 0 Å². The van der Waals surface area contributed by atoms with Crippen LogP contribution in [0.15, 0.2) is 72.8 Å². The van der Waals surface area contributed by atoms with E-state index in [-0.39, 0.29) is 17.6 Å². The molecule has 2 aliphatic rings. The SMILES string of the molecule is CN(C(=O)c1ccc(-c2ccc(C(F)(F)F)cc2)cc1)[C@H]1CCNC1.CN[C@@H]1CCN(C(=O)Oc2ccc([N+](=O)[O-])cc2)C1. The fraction of sp³-hybridized carbons (Fsp3) is 0.355. The second-order valence-corrected chi connectivity index (χ2v) is 10.6. The highest BCUT2D eigenvalue weighted by molar-refractivity contribution is 5.94. The number of hydrogen-bond acceptors (Lipinski definition) is 7. The Morgan fingerprint density at radius 2 is 1.61 bits per heavy atom. The van der Waals surface area contributed by atoms with Crippen LogP contribution in [0, 0.1) is 10.1 Å². The average molecular weight is 614 g/mol. The maximum Gasteiger partial charge on any atom is 0.416 e. The number of alkyl halides is 3. The summed E-state index contributed by atoms with van der Waals surface area (Å²) in [5.41, 5.74) is 1.33. The van der Waals surface area contributed by atoms with E-state index in [1.807, 2.05) is 7.05 Å². The van der Waals surface area contributed by atoms with Crippen LogP contribution in [-0.4, -0.2) is 79.1 Å². The van der Waals surface area contributed by atoms with Crippen molar-refractivity contribution in [3.63, 3.8) is 0 Å². The Kier molecular flexibility index (Phi) is 10.6. The van der Waals surface area contributed by atoms with Crippen LogP contribution in [0.3, 0.4) is 0 Å². The zero-order valence-electron chi connectivity index (χ0n) is 24.3. The predicted octanol–water partition coefficient (Wildman–Crippen LogP) is 5.19. The number of carbonyl (C=O) groups is 2. The quantitative estimate of drug-likeness (QED) is 0.290. The van der Waals surface area contributed by atoms with Gasteiger partial charge >= 0.3 is 12.3 Å². The van der Waals surface area contributed by atoms with Crippen LogP contribution < -0.4 is 15.4 Å². The van der Waals surface area contributed by atoms with Crippen molar-refractivity contribution in [1.29, 1.82) is 0 Å². The van der Waals surface area contributed by atoms with Gasteiger partial charge in [-0.3, -0.25) is 14.9 Å². The molecule has 10 nitrogen and oxygen atoms in total. The number of hydrogen-bond donors (Lipinski definition) is 2. The van der Waals surface area contributed by atoms with Gasteiger partial charge in [0.1, 0.15) is 5.75 Å². The first-order chi connectivity index (χ1) is 21.0. The number of nitro groups is 1. The zero-order valence-corrected chi connectivity index (χ0v) is 24.3. The molecule has 2 amide bonds. The number of benzene rings is 3. The second kappa shape index (κ2) is 14.3. The molecule has 0 saturated carbocycles. The molecule has 2 saturated heterocycles. The number of nitrogens with one attached hydrogen (secondary N) is 2. The maximum absolute atomic E-state index is 12.6. The Labute approximate surface area is 252 Å². The molecule has 3 aromatic rings. The molecule has 2 atom stereocenters. The summed E-state index contributed by atoms with van der Waals surface area (Å²) < 4.78 is 43.0. The van der Waals surface area contributed by atoms with E-state index in [9.17, 15) is 32.9 Å². The minimum absolute atomic E-state index is 0.0313. The molecule has 234 valence electrons. The monoisotopic (exact) mass is 613 g/mol. The number of ether oxygens (including phenoxy) is 1. The Morgan fingerprint density at radius 1 is 1.00 bits per heavy atom. The number of likely N-dealkylation sites (N-methyl/N-ethyl adjacent to an activating group) is 2. The van der Waals surface area contributed by atoms with Crippen LogP contribution in [-0.2, 0) is 6.18 Å². The Balaban J connectivity index is 0.000000209. The number of nitro benzene ring substituents is 1. The van der Waals surface area contributed by atoms with Crippen molar-refractivity contribution in [3.05, 3.63) is 94.0 Å². The van der Waals surface area contributed by atoms with E-state index >= 15 is 0 Å². The van der Waals surface area contributed by atoms with E-state index in [2.05, 4.69) is 10.6 Å². The van der Waals surface area contributed by atoms with Crippen LogP contribution in [0.5, 0.6) is 5.75 Å². The molecule has 0 aromatic heterocycles. The summed E-state index contributed by atoms with van der Waals surface area (Å²) >= 11 is 0. The summed E-state index contributed by atoms with van der Waals surface area (Å²) in [5, 5.41) is 16.8. The molecule has 2 N–H and O–H groups in total. The van der Waals surface area contributed by atoms with Gasteiger partial charge < -0.3 is 25.2 Å². The second-order valence-electron chi connectivity index (χ2n) is 10.6. The van der Waals surface area contributed by atoms with Gasteiger partial charge in [0, 0.05) is 56.5 Å². The van der Waals surface area contributed by atoms with Crippen LogP contribution in [0.1, 0.15) is 28.8 Å². The molecule has 2 fully saturated rings. The summed E-state index contributed by atoms with van der Waals surface area (Å²) in [4.78, 5) is 37.7. The first-order valence-electron chi connectivity index (χ1n) is 14.1. The largest absolute Gasteiger partial charge is 0.416 e. The van der Waals surface area contributed by atoms with E-state index in [1.165, 1.54) is 36.4 Å². The molecule has 44 heavy (non-hydrogen) atoms. The predicted molar refractivity (Wildman–Crippen MR) is 158 cm³/mol. The lowest BCUT2D eigenvalue weighted by atomic mass is 10.0. The summed E-state index contributed by atoms with van der Waals surface area (Å²) in [7, 11) is 3.65. The summed E-state index contributed by atoms with van der Waals surface area (Å²) in [6.45, 7) is 2.97. The van der Waals surface area contributed by atoms with Gasteiger partial charge in [0.2, 0.25) is 0 Å². The normalized spacial score (nSPS) is 17.9. The third-order valence-electron chi connectivity index (χ3n) is 7.69. The summed E-state index contributed by atoms with van der Waals surface area (Å²) in [5.74, 6) is 0.260. The van der Waals surface area contributed by atoms with Gasteiger partial charge in [0.05, 0.1) is 10.5 Å². The third-order valence-corrected chi connectivity index (χ3v) is 7.69. The molecular formula is C31H34F3N5O5. The Bertz CT molecular complexity index is 1430. The zero-order chi connectivity index (χ0) is 31.9. The highest BCUT2D eigenvalue weighted by atomic mass is 19.4. The number of amides is 2. The molecule has 0 unspecified atom stereocenters. The fourth-order valence-electron chi connectivity index (χ4n) is 4.96. The van der Waals surface area contributed by atoms with E-state index in [4.69, 9.17) is 4.74 Å². The molecule has 5 rings (SSSR count). The average Bonchev–Trinajstić information content (AvgIpc) is 3.74. The number of non-ortho nitro benzene ring substituents is 1. The lowest BCUT2D eigenvalue weighted by Gasteiger charge is -2.23. The number of halogens is 3. The molecule has 2 heterocycles. The summed E-state index contributed by atoms with van der Waals surface area (Å²) in [6.07, 6.45) is -2.93. The Morgan fingerprint density at radius 3 is 2.11 bits per heavy atom. The molecule has 0 aliphatic carbocycles. The molecule has 3 aromatic carbocycles. The van der Waals surface area contributed by atoms with Gasteiger partial charge in [0.25, 0.3) is 11.6 Å². The van der Waals surface area contributed by atoms with Crippen molar-refractivity contribution in [1.82, 2.24) is 20.4 Å². The van der Waals surface area contributed by atoms with Crippen molar-refractivity contribution in [2.45, 2.75) is 31.1 Å². The first-order valence-corrected chi connectivity index (χ1v) is 14.1. The van der Waals surface area contributed by atoms with E-state index in [0.717, 1.165) is 43.6 Å². The number of likely N-dealkylation sites (tertiary alicyclic amines) is 1. The fourth-order valence-corrected chi connectivity index (χ4v) is 4.96. The van der Waals surface area contributed by atoms with Crippen molar-refractivity contribution >= 4 is 17.7 Å². The molecule has 0 radical (unpaired) electrons. The smallest absolute Gasteiger partial charge is 0.410 e. The number of carbonyl (C=O) groups excluding carboxylic acids is 2. The van der Waals surface area contributed by atoms with Gasteiger partial charge in [-0.2, -0.15) is 13.2 Å². The standard InChI is InChI=1S/C19H19F3N2O.C12H15N3O4/c1-24(17-10-11-23-12-17)18(25)15-4-2-13(3-5-15)14-6-8-16(9-7-14)19(20,21)22;1-13-9-6-7-14(8-9)12(16)19-11-4-2-10(3-5-11)15(17)18/h2-9,17,23H,10-12H2,1H3;2-5,9,13H,6-8H2,1H3/t17-;9-/m01/s1. The molecule has 2 aliphatic heterocycles. The van der Waals surface area contributed by atoms with Gasteiger partial charge in [-0.25, -0.2) is 4.79 Å². The van der Waals surface area contributed by atoms with Crippen molar-refractivity contribution in [2.75, 3.05) is 40.3 Å². The topological polar surface area (TPSA) is 117 Å². The first kappa shape index (κ1) is 32.4. The molecule has 13 heteroatoms. The van der Waals surface area contributed by atoms with Gasteiger partial charge in [-0.15, -0.1) is 0 Å². The highest BCUT2D eigenvalue weighted by Crippen LogP contribution is 2.31. The Hall–Kier alpha value is -4.49. The highest BCUT2D eigenvalue weighted by Gasteiger charge is 2.30.